The van der Waals surface area contributed by atoms with Crippen molar-refractivity contribution >= 4 is 23.3 Å². The van der Waals surface area contributed by atoms with E-state index in [0.717, 1.165) is 12.1 Å². The molecule has 142 valence electrons. The zero-order valence-electron chi connectivity index (χ0n) is 14.5. The molecule has 27 heavy (non-hydrogen) atoms. The van der Waals surface area contributed by atoms with Gasteiger partial charge in [0, 0.05) is 44.9 Å². The van der Waals surface area contributed by atoms with Crippen molar-refractivity contribution in [2.75, 3.05) is 36.4 Å². The largest absolute Gasteiger partial charge is 0.353 e. The van der Waals surface area contributed by atoms with Crippen molar-refractivity contribution in [3.05, 3.63) is 53.5 Å². The number of nitrogens with zero attached hydrogens (tertiary/aromatic N) is 3. The lowest BCUT2D eigenvalue weighted by Gasteiger charge is -2.35. The highest BCUT2D eigenvalue weighted by Crippen LogP contribution is 2.21. The minimum atomic E-state index is -1.65. The first-order valence-electron chi connectivity index (χ1n) is 8.28. The van der Waals surface area contributed by atoms with Crippen LogP contribution in [0.4, 0.5) is 24.7 Å². The summed E-state index contributed by atoms with van der Waals surface area (Å²) in [5.74, 6) is -4.57. The van der Waals surface area contributed by atoms with Gasteiger partial charge >= 0.3 is 0 Å². The summed E-state index contributed by atoms with van der Waals surface area (Å²) in [5.41, 5.74) is -0.259. The maximum absolute atomic E-state index is 13.7. The highest BCUT2D eigenvalue weighted by molar-refractivity contribution is 6.04. The number of benzene rings is 1. The second-order valence-corrected chi connectivity index (χ2v) is 6.07. The smallest absolute Gasteiger partial charge is 0.255 e. The number of anilines is 2. The summed E-state index contributed by atoms with van der Waals surface area (Å²) in [7, 11) is 0. The standard InChI is InChI=1S/C18H17F3N4O2/c1-11(26)24-6-8-25(9-7-24)15-10-12(4-5-22-15)18(27)23-14-3-2-13(19)16(20)17(14)21/h2-5,10H,6-9H2,1H3,(H,23,27). The van der Waals surface area contributed by atoms with E-state index < -0.39 is 29.0 Å². The maximum atomic E-state index is 13.7. The molecule has 0 aliphatic carbocycles. The van der Waals surface area contributed by atoms with Gasteiger partial charge in [-0.05, 0) is 24.3 Å². The maximum Gasteiger partial charge on any atom is 0.255 e. The Morgan fingerprint density at radius 1 is 1.04 bits per heavy atom. The van der Waals surface area contributed by atoms with Crippen LogP contribution in [0.3, 0.4) is 0 Å². The molecule has 1 aliphatic heterocycles. The number of halogens is 3. The molecule has 3 rings (SSSR count). The monoisotopic (exact) mass is 378 g/mol. The van der Waals surface area contributed by atoms with Gasteiger partial charge in [0.2, 0.25) is 5.91 Å². The molecule has 1 aromatic carbocycles. The highest BCUT2D eigenvalue weighted by atomic mass is 19.2. The summed E-state index contributed by atoms with van der Waals surface area (Å²) in [6.45, 7) is 3.74. The van der Waals surface area contributed by atoms with Gasteiger partial charge in [-0.25, -0.2) is 18.2 Å². The van der Waals surface area contributed by atoms with Crippen molar-refractivity contribution in [2.45, 2.75) is 6.92 Å². The van der Waals surface area contributed by atoms with Crippen LogP contribution in [0.5, 0.6) is 0 Å². The second kappa shape index (κ2) is 7.65. The Kier molecular flexibility index (Phi) is 5.29. The van der Waals surface area contributed by atoms with E-state index in [4.69, 9.17) is 0 Å². The average Bonchev–Trinajstić information content (AvgIpc) is 2.68. The topological polar surface area (TPSA) is 65.5 Å². The third kappa shape index (κ3) is 4.02. The van der Waals surface area contributed by atoms with E-state index in [9.17, 15) is 22.8 Å². The number of aromatic nitrogens is 1. The molecular weight excluding hydrogens is 361 g/mol. The van der Waals surface area contributed by atoms with Gasteiger partial charge < -0.3 is 15.1 Å². The van der Waals surface area contributed by atoms with E-state index in [1.165, 1.54) is 25.3 Å². The van der Waals surface area contributed by atoms with Gasteiger partial charge in [0.05, 0.1) is 5.69 Å². The Labute approximate surface area is 153 Å². The first kappa shape index (κ1) is 18.7. The fourth-order valence-corrected chi connectivity index (χ4v) is 2.80. The van der Waals surface area contributed by atoms with Crippen molar-refractivity contribution in [3.63, 3.8) is 0 Å². The fourth-order valence-electron chi connectivity index (χ4n) is 2.80. The van der Waals surface area contributed by atoms with Crippen molar-refractivity contribution in [3.8, 4) is 0 Å². The highest BCUT2D eigenvalue weighted by Gasteiger charge is 2.21. The van der Waals surface area contributed by atoms with E-state index in [1.54, 1.807) is 4.90 Å². The summed E-state index contributed by atoms with van der Waals surface area (Å²) >= 11 is 0. The molecule has 1 aromatic heterocycles. The van der Waals surface area contributed by atoms with Crippen molar-refractivity contribution in [1.82, 2.24) is 9.88 Å². The van der Waals surface area contributed by atoms with Crippen LogP contribution in [0.15, 0.2) is 30.5 Å². The number of carbonyl (C=O) groups excluding carboxylic acids is 2. The van der Waals surface area contributed by atoms with Gasteiger partial charge in [0.25, 0.3) is 5.91 Å². The Bertz CT molecular complexity index is 883. The van der Waals surface area contributed by atoms with Crippen LogP contribution >= 0.6 is 0 Å². The molecule has 0 unspecified atom stereocenters. The van der Waals surface area contributed by atoms with Crippen LogP contribution in [0, 0.1) is 17.5 Å². The van der Waals surface area contributed by atoms with Crippen molar-refractivity contribution < 1.29 is 22.8 Å². The molecule has 2 heterocycles. The number of hydrogen-bond acceptors (Lipinski definition) is 4. The normalized spacial score (nSPS) is 14.2. The Morgan fingerprint density at radius 3 is 2.41 bits per heavy atom. The molecule has 0 saturated carbocycles. The van der Waals surface area contributed by atoms with Crippen molar-refractivity contribution in [2.24, 2.45) is 0 Å². The zero-order valence-corrected chi connectivity index (χ0v) is 14.5. The van der Waals surface area contributed by atoms with Gasteiger partial charge in [0.1, 0.15) is 5.82 Å². The van der Waals surface area contributed by atoms with Gasteiger partial charge in [-0.2, -0.15) is 0 Å². The van der Waals surface area contributed by atoms with E-state index in [1.807, 2.05) is 4.90 Å². The molecular formula is C18H17F3N4O2. The summed E-state index contributed by atoms with van der Waals surface area (Å²) in [5, 5.41) is 2.23. The Hall–Kier alpha value is -3.10. The zero-order chi connectivity index (χ0) is 19.6. The number of carbonyl (C=O) groups is 2. The number of hydrogen-bond donors (Lipinski definition) is 1. The molecule has 2 aromatic rings. The molecule has 6 nitrogen and oxygen atoms in total. The molecule has 1 N–H and O–H groups in total. The van der Waals surface area contributed by atoms with E-state index in [2.05, 4.69) is 10.3 Å². The lowest BCUT2D eigenvalue weighted by molar-refractivity contribution is -0.129. The van der Waals surface area contributed by atoms with E-state index in [0.29, 0.717) is 32.0 Å². The van der Waals surface area contributed by atoms with Crippen LogP contribution < -0.4 is 10.2 Å². The lowest BCUT2D eigenvalue weighted by Crippen LogP contribution is -2.48. The first-order chi connectivity index (χ1) is 12.9. The van der Waals surface area contributed by atoms with E-state index in [-0.39, 0.29) is 11.5 Å². The molecule has 0 bridgehead atoms. The Balaban J connectivity index is 1.73. The predicted molar refractivity (Wildman–Crippen MR) is 93.0 cm³/mol. The fraction of sp³-hybridized carbons (Fsp3) is 0.278. The van der Waals surface area contributed by atoms with E-state index >= 15 is 0 Å². The molecule has 1 fully saturated rings. The molecule has 0 radical (unpaired) electrons. The van der Waals surface area contributed by atoms with Crippen molar-refractivity contribution in [1.29, 1.82) is 0 Å². The molecule has 0 spiro atoms. The summed E-state index contributed by atoms with van der Waals surface area (Å²) in [4.78, 5) is 31.6. The summed E-state index contributed by atoms with van der Waals surface area (Å²) < 4.78 is 40.0. The summed E-state index contributed by atoms with van der Waals surface area (Å²) in [6, 6.07) is 4.65. The molecule has 0 atom stereocenters. The van der Waals surface area contributed by atoms with Gasteiger partial charge in [-0.15, -0.1) is 0 Å². The van der Waals surface area contributed by atoms with Crippen LogP contribution in [0.1, 0.15) is 17.3 Å². The van der Waals surface area contributed by atoms with Crippen LogP contribution in [-0.4, -0.2) is 47.9 Å². The van der Waals surface area contributed by atoms with Crippen LogP contribution in [0.2, 0.25) is 0 Å². The lowest BCUT2D eigenvalue weighted by atomic mass is 10.2. The minimum absolute atomic E-state index is 0.00398. The SMILES string of the molecule is CC(=O)N1CCN(c2cc(C(=O)Nc3ccc(F)c(F)c3F)ccn2)CC1. The predicted octanol–water partition coefficient (Wildman–Crippen LogP) is 2.42. The third-order valence-electron chi connectivity index (χ3n) is 4.34. The number of piperazine rings is 1. The molecule has 2 amide bonds. The first-order valence-corrected chi connectivity index (χ1v) is 8.28. The number of amides is 2. The van der Waals surface area contributed by atoms with Gasteiger partial charge in [0.15, 0.2) is 17.5 Å². The third-order valence-corrected chi connectivity index (χ3v) is 4.34. The average molecular weight is 378 g/mol. The quantitative estimate of drug-likeness (QED) is 0.834. The van der Waals surface area contributed by atoms with Gasteiger partial charge in [-0.3, -0.25) is 9.59 Å². The second-order valence-electron chi connectivity index (χ2n) is 6.07. The Morgan fingerprint density at radius 2 is 1.74 bits per heavy atom. The molecule has 1 aliphatic rings. The van der Waals surface area contributed by atoms with Crippen LogP contribution in [-0.2, 0) is 4.79 Å². The molecule has 1 saturated heterocycles. The summed E-state index contributed by atoms with van der Waals surface area (Å²) in [6.07, 6.45) is 1.43. The number of pyridine rings is 1. The number of nitrogens with one attached hydrogen (secondary N) is 1. The van der Waals surface area contributed by atoms with Crippen LogP contribution in [0.25, 0.3) is 0 Å². The van der Waals surface area contributed by atoms with Gasteiger partial charge in [-0.1, -0.05) is 0 Å². The molecule has 9 heteroatoms. The number of rotatable bonds is 3. The minimum Gasteiger partial charge on any atom is -0.353 e.